The standard InChI is InChI=1S/C27H33ClN6O2/c1-34-12-10-17(11-13-34)14-23(35)32-18-6-8-19(9-7-18)33-27-24-21(15-29-26(24)30-16-31-27)25(36)20-4-2-3-5-22(20)28/h2-5,15-19H,6-14H2,1H3,(H,32,35)(H2,29,30,31,33)/t18-,19+. The predicted molar refractivity (Wildman–Crippen MR) is 141 cm³/mol. The van der Waals surface area contributed by atoms with E-state index in [-0.39, 0.29) is 23.8 Å². The van der Waals surface area contributed by atoms with Gasteiger partial charge in [0.2, 0.25) is 5.91 Å². The van der Waals surface area contributed by atoms with E-state index < -0.39 is 0 Å². The lowest BCUT2D eigenvalue weighted by Crippen LogP contribution is -2.41. The summed E-state index contributed by atoms with van der Waals surface area (Å²) in [6.07, 6.45) is 9.70. The van der Waals surface area contributed by atoms with Crippen LogP contribution >= 0.6 is 11.6 Å². The highest BCUT2D eigenvalue weighted by molar-refractivity contribution is 6.35. The molecule has 2 aromatic heterocycles. The minimum Gasteiger partial charge on any atom is -0.367 e. The monoisotopic (exact) mass is 508 g/mol. The van der Waals surface area contributed by atoms with Crippen molar-refractivity contribution in [2.75, 3.05) is 25.5 Å². The highest BCUT2D eigenvalue weighted by Crippen LogP contribution is 2.30. The molecule has 3 heterocycles. The first kappa shape index (κ1) is 24.7. The van der Waals surface area contributed by atoms with E-state index in [1.165, 1.54) is 6.33 Å². The third kappa shape index (κ3) is 5.55. The van der Waals surface area contributed by atoms with Crippen LogP contribution in [0.1, 0.15) is 60.9 Å². The Balaban J connectivity index is 1.20. The molecule has 190 valence electrons. The second-order valence-corrected chi connectivity index (χ2v) is 10.6. The number of carbonyl (C=O) groups is 2. The molecule has 1 aliphatic heterocycles. The van der Waals surface area contributed by atoms with Crippen LogP contribution < -0.4 is 10.6 Å². The van der Waals surface area contributed by atoms with Crippen molar-refractivity contribution in [3.63, 3.8) is 0 Å². The van der Waals surface area contributed by atoms with Crippen molar-refractivity contribution in [2.24, 2.45) is 5.92 Å². The maximum atomic E-state index is 13.3. The lowest BCUT2D eigenvalue weighted by molar-refractivity contribution is -0.123. The van der Waals surface area contributed by atoms with Crippen molar-refractivity contribution in [1.29, 1.82) is 0 Å². The maximum absolute atomic E-state index is 13.3. The summed E-state index contributed by atoms with van der Waals surface area (Å²) in [5.74, 6) is 1.17. The number of fused-ring (bicyclic) bond motifs is 1. The zero-order valence-corrected chi connectivity index (χ0v) is 21.4. The third-order valence-electron chi connectivity index (χ3n) is 7.58. The number of carbonyl (C=O) groups excluding carboxylic acids is 2. The molecule has 1 saturated heterocycles. The Kier molecular flexibility index (Phi) is 7.53. The Morgan fingerprint density at radius 2 is 1.75 bits per heavy atom. The molecule has 9 heteroatoms. The number of nitrogens with one attached hydrogen (secondary N) is 3. The number of ketones is 1. The second-order valence-electron chi connectivity index (χ2n) is 10.2. The van der Waals surface area contributed by atoms with Gasteiger partial charge in [0.25, 0.3) is 0 Å². The molecule has 36 heavy (non-hydrogen) atoms. The van der Waals surface area contributed by atoms with Gasteiger partial charge >= 0.3 is 0 Å². The molecule has 2 fully saturated rings. The van der Waals surface area contributed by atoms with Gasteiger partial charge in [-0.1, -0.05) is 23.7 Å². The van der Waals surface area contributed by atoms with E-state index in [1.807, 2.05) is 0 Å². The second kappa shape index (κ2) is 11.0. The van der Waals surface area contributed by atoms with Crippen LogP contribution in [0.15, 0.2) is 36.8 Å². The van der Waals surface area contributed by atoms with Crippen molar-refractivity contribution in [2.45, 2.75) is 57.0 Å². The van der Waals surface area contributed by atoms with E-state index >= 15 is 0 Å². The van der Waals surface area contributed by atoms with Gasteiger partial charge in [0, 0.05) is 30.3 Å². The fraction of sp³-hybridized carbons (Fsp3) is 0.481. The number of anilines is 1. The van der Waals surface area contributed by atoms with Gasteiger partial charge in [0.05, 0.1) is 16.0 Å². The number of halogens is 1. The number of H-pyrrole nitrogens is 1. The number of benzene rings is 1. The first-order valence-electron chi connectivity index (χ1n) is 12.8. The molecule has 0 bridgehead atoms. The van der Waals surface area contributed by atoms with Crippen molar-refractivity contribution < 1.29 is 9.59 Å². The molecule has 1 aromatic carbocycles. The van der Waals surface area contributed by atoms with E-state index in [9.17, 15) is 9.59 Å². The largest absolute Gasteiger partial charge is 0.367 e. The topological polar surface area (TPSA) is 103 Å². The maximum Gasteiger partial charge on any atom is 0.220 e. The van der Waals surface area contributed by atoms with Crippen LogP contribution in [0.25, 0.3) is 11.0 Å². The highest BCUT2D eigenvalue weighted by Gasteiger charge is 2.26. The number of aromatic nitrogens is 3. The van der Waals surface area contributed by atoms with E-state index in [4.69, 9.17) is 11.6 Å². The Bertz CT molecular complexity index is 1230. The number of hydrogen-bond acceptors (Lipinski definition) is 6. The minimum absolute atomic E-state index is 0.166. The van der Waals surface area contributed by atoms with E-state index in [0.29, 0.717) is 45.3 Å². The number of likely N-dealkylation sites (tertiary alicyclic amines) is 1. The van der Waals surface area contributed by atoms with E-state index in [0.717, 1.165) is 51.6 Å². The van der Waals surface area contributed by atoms with Gasteiger partial charge in [-0.15, -0.1) is 0 Å². The molecule has 2 aliphatic rings. The number of amides is 1. The third-order valence-corrected chi connectivity index (χ3v) is 7.91. The molecule has 3 N–H and O–H groups in total. The lowest BCUT2D eigenvalue weighted by Gasteiger charge is -2.31. The molecular formula is C27H33ClN6O2. The first-order valence-corrected chi connectivity index (χ1v) is 13.2. The van der Waals surface area contributed by atoms with Gasteiger partial charge in [-0.2, -0.15) is 0 Å². The van der Waals surface area contributed by atoms with Crippen LogP contribution in [0, 0.1) is 5.92 Å². The average molecular weight is 509 g/mol. The van der Waals surface area contributed by atoms with Crippen LogP contribution in [0.3, 0.4) is 0 Å². The van der Waals surface area contributed by atoms with Crippen molar-refractivity contribution in [3.8, 4) is 0 Å². The van der Waals surface area contributed by atoms with Crippen LogP contribution in [0.4, 0.5) is 5.82 Å². The molecule has 1 amide bonds. The quantitative estimate of drug-likeness (QED) is 0.408. The summed E-state index contributed by atoms with van der Waals surface area (Å²) in [4.78, 5) is 40.1. The number of rotatable bonds is 7. The Morgan fingerprint density at radius 1 is 1.03 bits per heavy atom. The summed E-state index contributed by atoms with van der Waals surface area (Å²) < 4.78 is 0. The SMILES string of the molecule is CN1CCC(CC(=O)N[C@H]2CC[C@@H](Nc3ncnc4[nH]cc(C(=O)c5ccccc5Cl)c34)CC2)CC1. The molecule has 1 saturated carbocycles. The number of aromatic amines is 1. The van der Waals surface area contributed by atoms with Crippen LogP contribution in [0.2, 0.25) is 5.02 Å². The summed E-state index contributed by atoms with van der Waals surface area (Å²) in [6.45, 7) is 2.16. The number of nitrogens with zero attached hydrogens (tertiary/aromatic N) is 3. The zero-order valence-electron chi connectivity index (χ0n) is 20.6. The molecule has 0 radical (unpaired) electrons. The van der Waals surface area contributed by atoms with E-state index in [1.54, 1.807) is 30.5 Å². The minimum atomic E-state index is -0.166. The lowest BCUT2D eigenvalue weighted by atomic mass is 9.90. The fourth-order valence-corrected chi connectivity index (χ4v) is 5.65. The Labute approximate surface area is 216 Å². The zero-order chi connectivity index (χ0) is 25.1. The average Bonchev–Trinajstić information content (AvgIpc) is 3.32. The fourth-order valence-electron chi connectivity index (χ4n) is 5.43. The van der Waals surface area contributed by atoms with Gasteiger partial charge in [-0.3, -0.25) is 9.59 Å². The molecule has 5 rings (SSSR count). The molecule has 3 aromatic rings. The predicted octanol–water partition coefficient (Wildman–Crippen LogP) is 4.41. The van der Waals surface area contributed by atoms with Gasteiger partial charge in [0.15, 0.2) is 5.78 Å². The first-order chi connectivity index (χ1) is 17.5. The highest BCUT2D eigenvalue weighted by atomic mass is 35.5. The Hall–Kier alpha value is -2.97. The molecular weight excluding hydrogens is 476 g/mol. The number of hydrogen-bond donors (Lipinski definition) is 3. The van der Waals surface area contributed by atoms with Crippen molar-refractivity contribution in [1.82, 2.24) is 25.2 Å². The molecule has 0 spiro atoms. The van der Waals surface area contributed by atoms with E-state index in [2.05, 4.69) is 37.5 Å². The smallest absolute Gasteiger partial charge is 0.220 e. The summed E-state index contributed by atoms with van der Waals surface area (Å²) in [7, 11) is 2.14. The molecule has 0 unspecified atom stereocenters. The van der Waals surface area contributed by atoms with Crippen LogP contribution in [-0.4, -0.2) is 63.8 Å². The summed E-state index contributed by atoms with van der Waals surface area (Å²) >= 11 is 6.28. The summed E-state index contributed by atoms with van der Waals surface area (Å²) in [5, 5.41) is 7.90. The Morgan fingerprint density at radius 3 is 2.50 bits per heavy atom. The van der Waals surface area contributed by atoms with Gasteiger partial charge in [-0.05, 0) is 76.7 Å². The van der Waals surface area contributed by atoms with Gasteiger partial charge in [-0.25, -0.2) is 9.97 Å². The normalized spacial score (nSPS) is 21.4. The molecule has 0 atom stereocenters. The van der Waals surface area contributed by atoms with Gasteiger partial charge in [0.1, 0.15) is 17.8 Å². The molecule has 8 nitrogen and oxygen atoms in total. The van der Waals surface area contributed by atoms with Crippen LogP contribution in [0.5, 0.6) is 0 Å². The van der Waals surface area contributed by atoms with Crippen molar-refractivity contribution >= 4 is 40.1 Å². The van der Waals surface area contributed by atoms with Gasteiger partial charge < -0.3 is 20.5 Å². The van der Waals surface area contributed by atoms with Crippen LogP contribution in [-0.2, 0) is 4.79 Å². The van der Waals surface area contributed by atoms with Crippen molar-refractivity contribution in [3.05, 3.63) is 52.9 Å². The number of piperidine rings is 1. The molecule has 1 aliphatic carbocycles. The summed E-state index contributed by atoms with van der Waals surface area (Å²) in [6, 6.07) is 7.47. The summed E-state index contributed by atoms with van der Waals surface area (Å²) in [5.41, 5.74) is 1.56.